The van der Waals surface area contributed by atoms with Gasteiger partial charge in [-0.2, -0.15) is 5.26 Å². The molecular formula is C13H12F2N2O3. The van der Waals surface area contributed by atoms with Crippen molar-refractivity contribution in [1.29, 1.82) is 5.26 Å². The number of rotatable bonds is 5. The molecule has 0 fully saturated rings. The number of hydrogen-bond acceptors (Lipinski definition) is 3. The number of nitrogens with one attached hydrogen (secondary N) is 1. The number of amides is 1. The van der Waals surface area contributed by atoms with Crippen LogP contribution in [0.25, 0.3) is 0 Å². The average molecular weight is 282 g/mol. The summed E-state index contributed by atoms with van der Waals surface area (Å²) < 4.78 is 26.1. The Morgan fingerprint density at radius 3 is 2.60 bits per heavy atom. The first-order valence-electron chi connectivity index (χ1n) is 5.72. The van der Waals surface area contributed by atoms with Gasteiger partial charge < -0.3 is 10.4 Å². The van der Waals surface area contributed by atoms with Crippen LogP contribution in [0.1, 0.15) is 23.7 Å². The quantitative estimate of drug-likeness (QED) is 0.860. The van der Waals surface area contributed by atoms with Crippen molar-refractivity contribution in [3.63, 3.8) is 0 Å². The van der Waals surface area contributed by atoms with Crippen LogP contribution in [0.2, 0.25) is 0 Å². The van der Waals surface area contributed by atoms with Crippen molar-refractivity contribution in [1.82, 2.24) is 5.32 Å². The van der Waals surface area contributed by atoms with E-state index in [4.69, 9.17) is 10.4 Å². The zero-order valence-electron chi connectivity index (χ0n) is 10.6. The van der Waals surface area contributed by atoms with Crippen molar-refractivity contribution in [2.45, 2.75) is 19.4 Å². The maximum absolute atomic E-state index is 13.4. The Morgan fingerprint density at radius 1 is 1.45 bits per heavy atom. The van der Waals surface area contributed by atoms with Gasteiger partial charge in [0.05, 0.1) is 11.6 Å². The molecule has 0 aliphatic rings. The summed E-state index contributed by atoms with van der Waals surface area (Å²) in [7, 11) is 0. The number of carboxylic acid groups (broad SMARTS) is 1. The van der Waals surface area contributed by atoms with Crippen molar-refractivity contribution >= 4 is 11.9 Å². The van der Waals surface area contributed by atoms with E-state index in [0.717, 1.165) is 12.1 Å². The smallest absolute Gasteiger partial charge is 0.326 e. The molecule has 0 aliphatic heterocycles. The number of carbonyl (C=O) groups is 2. The molecule has 1 rings (SSSR count). The van der Waals surface area contributed by atoms with E-state index >= 15 is 0 Å². The molecule has 0 heterocycles. The lowest BCUT2D eigenvalue weighted by molar-refractivity contribution is -0.140. The van der Waals surface area contributed by atoms with E-state index < -0.39 is 41.0 Å². The minimum atomic E-state index is -1.33. The Bertz CT molecular complexity index is 569. The lowest BCUT2D eigenvalue weighted by Crippen LogP contribution is -2.45. The minimum Gasteiger partial charge on any atom is -0.480 e. The van der Waals surface area contributed by atoms with Crippen LogP contribution in [-0.4, -0.2) is 23.0 Å². The molecule has 0 aliphatic carbocycles. The molecule has 2 N–H and O–H groups in total. The number of nitrogens with zero attached hydrogens (tertiary/aromatic N) is 1. The number of aliphatic carboxylic acids is 1. The van der Waals surface area contributed by atoms with Gasteiger partial charge in [0, 0.05) is 18.4 Å². The topological polar surface area (TPSA) is 90.2 Å². The van der Waals surface area contributed by atoms with Gasteiger partial charge in [-0.15, -0.1) is 0 Å². The first-order valence-corrected chi connectivity index (χ1v) is 5.72. The molecular weight excluding hydrogens is 270 g/mol. The third-order valence-corrected chi connectivity index (χ3v) is 2.71. The third-order valence-electron chi connectivity index (χ3n) is 2.71. The predicted molar refractivity (Wildman–Crippen MR) is 64.6 cm³/mol. The highest BCUT2D eigenvalue weighted by Gasteiger charge is 2.27. The molecule has 2 atom stereocenters. The first-order chi connectivity index (χ1) is 9.36. The third kappa shape index (κ3) is 3.75. The number of carboxylic acids is 1. The maximum Gasteiger partial charge on any atom is 0.326 e. The van der Waals surface area contributed by atoms with Crippen LogP contribution in [0.3, 0.4) is 0 Å². The largest absolute Gasteiger partial charge is 0.480 e. The fourth-order valence-electron chi connectivity index (χ4n) is 1.60. The van der Waals surface area contributed by atoms with Gasteiger partial charge in [-0.1, -0.05) is 6.92 Å². The number of nitriles is 1. The Labute approximate surface area is 113 Å². The zero-order valence-corrected chi connectivity index (χ0v) is 10.6. The highest BCUT2D eigenvalue weighted by Crippen LogP contribution is 2.12. The Balaban J connectivity index is 2.91. The van der Waals surface area contributed by atoms with Crippen LogP contribution in [0, 0.1) is 28.9 Å². The summed E-state index contributed by atoms with van der Waals surface area (Å²) in [5, 5.41) is 19.7. The van der Waals surface area contributed by atoms with E-state index in [1.54, 1.807) is 6.07 Å². The second kappa shape index (κ2) is 6.61. The number of carbonyl (C=O) groups excluding carboxylic acids is 1. The summed E-state index contributed by atoms with van der Waals surface area (Å²) in [5.74, 6) is -4.88. The maximum atomic E-state index is 13.4. The van der Waals surface area contributed by atoms with Crippen LogP contribution in [0.15, 0.2) is 18.2 Å². The second-order valence-corrected chi connectivity index (χ2v) is 4.25. The fourth-order valence-corrected chi connectivity index (χ4v) is 1.60. The molecule has 1 aromatic carbocycles. The lowest BCUT2D eigenvalue weighted by Gasteiger charge is -2.19. The monoisotopic (exact) mass is 282 g/mol. The summed E-state index contributed by atoms with van der Waals surface area (Å²) >= 11 is 0. The molecule has 106 valence electrons. The lowest BCUT2D eigenvalue weighted by atomic mass is 9.98. The normalized spacial score (nSPS) is 13.1. The van der Waals surface area contributed by atoms with E-state index in [1.165, 1.54) is 6.92 Å². The zero-order chi connectivity index (χ0) is 15.3. The molecule has 1 amide bonds. The number of hydrogen-bond donors (Lipinski definition) is 2. The molecule has 0 radical (unpaired) electrons. The summed E-state index contributed by atoms with van der Waals surface area (Å²) in [5.41, 5.74) is -0.457. The van der Waals surface area contributed by atoms with Crippen molar-refractivity contribution in [3.8, 4) is 6.07 Å². The van der Waals surface area contributed by atoms with Crippen molar-refractivity contribution < 1.29 is 23.5 Å². The van der Waals surface area contributed by atoms with E-state index in [-0.39, 0.29) is 6.42 Å². The predicted octanol–water partition coefficient (Wildman–Crippen LogP) is 1.70. The highest BCUT2D eigenvalue weighted by molar-refractivity contribution is 5.96. The van der Waals surface area contributed by atoms with Gasteiger partial charge in [0.15, 0.2) is 0 Å². The van der Waals surface area contributed by atoms with Gasteiger partial charge in [0.2, 0.25) is 0 Å². The molecule has 1 aromatic rings. The Hall–Kier alpha value is -2.49. The SMILES string of the molecule is C[C@H](CC#N)[C@@H](NC(=O)c1ccc(F)cc1F)C(=O)O. The molecule has 7 heteroatoms. The van der Waals surface area contributed by atoms with Gasteiger partial charge in [-0.05, 0) is 12.1 Å². The first kappa shape index (κ1) is 15.6. The minimum absolute atomic E-state index is 0.0802. The van der Waals surface area contributed by atoms with Crippen molar-refractivity contribution in [3.05, 3.63) is 35.4 Å². The standard InChI is InChI=1S/C13H12F2N2O3/c1-7(4-5-16)11(13(19)20)17-12(18)9-3-2-8(14)6-10(9)15/h2-3,6-7,11H,4H2,1H3,(H,17,18)(H,19,20)/t7-,11-/m1/s1. The highest BCUT2D eigenvalue weighted by atomic mass is 19.1. The number of halogens is 2. The van der Waals surface area contributed by atoms with Crippen LogP contribution in [-0.2, 0) is 4.79 Å². The van der Waals surface area contributed by atoms with Gasteiger partial charge in [-0.3, -0.25) is 4.79 Å². The Morgan fingerprint density at radius 2 is 2.10 bits per heavy atom. The summed E-state index contributed by atoms with van der Waals surface area (Å²) in [6, 6.07) is 2.82. The van der Waals surface area contributed by atoms with Crippen LogP contribution < -0.4 is 5.32 Å². The molecule has 20 heavy (non-hydrogen) atoms. The van der Waals surface area contributed by atoms with Gasteiger partial charge in [-0.25, -0.2) is 13.6 Å². The van der Waals surface area contributed by atoms with Crippen molar-refractivity contribution in [2.75, 3.05) is 0 Å². The second-order valence-electron chi connectivity index (χ2n) is 4.25. The average Bonchev–Trinajstić information content (AvgIpc) is 2.35. The fraction of sp³-hybridized carbons (Fsp3) is 0.308. The number of benzene rings is 1. The molecule has 0 saturated carbocycles. The Kier molecular flexibility index (Phi) is 5.15. The van der Waals surface area contributed by atoms with Gasteiger partial charge in [0.25, 0.3) is 5.91 Å². The van der Waals surface area contributed by atoms with E-state index in [2.05, 4.69) is 5.32 Å². The van der Waals surface area contributed by atoms with Crippen molar-refractivity contribution in [2.24, 2.45) is 5.92 Å². The summed E-state index contributed by atoms with van der Waals surface area (Å²) in [4.78, 5) is 22.8. The van der Waals surface area contributed by atoms with Crippen LogP contribution in [0.5, 0.6) is 0 Å². The van der Waals surface area contributed by atoms with E-state index in [0.29, 0.717) is 6.07 Å². The molecule has 0 unspecified atom stereocenters. The van der Waals surface area contributed by atoms with E-state index in [1.807, 2.05) is 0 Å². The molecule has 0 spiro atoms. The van der Waals surface area contributed by atoms with E-state index in [9.17, 15) is 18.4 Å². The van der Waals surface area contributed by atoms with Gasteiger partial charge in [0.1, 0.15) is 17.7 Å². The van der Waals surface area contributed by atoms with Crippen LogP contribution >= 0.6 is 0 Å². The molecule has 5 nitrogen and oxygen atoms in total. The summed E-state index contributed by atoms with van der Waals surface area (Å²) in [6.07, 6.45) is -0.0802. The molecule has 0 aromatic heterocycles. The molecule has 0 bridgehead atoms. The van der Waals surface area contributed by atoms with Crippen LogP contribution in [0.4, 0.5) is 8.78 Å². The molecule has 0 saturated heterocycles. The summed E-state index contributed by atoms with van der Waals surface area (Å²) in [6.45, 7) is 1.48. The van der Waals surface area contributed by atoms with Gasteiger partial charge >= 0.3 is 5.97 Å².